The third kappa shape index (κ3) is 5.46. The second kappa shape index (κ2) is 9.02. The van der Waals surface area contributed by atoms with Gasteiger partial charge in [0.1, 0.15) is 9.36 Å². The summed E-state index contributed by atoms with van der Waals surface area (Å²) in [6, 6.07) is 3.62. The highest BCUT2D eigenvalue weighted by molar-refractivity contribution is 7.91. The van der Waals surface area contributed by atoms with Crippen molar-refractivity contribution in [3.05, 3.63) is 44.9 Å². The first-order chi connectivity index (χ1) is 14.0. The van der Waals surface area contributed by atoms with E-state index >= 15 is 0 Å². The molecule has 1 aliphatic rings. The molecule has 2 aromatic rings. The predicted molar refractivity (Wildman–Crippen MR) is 109 cm³/mol. The lowest BCUT2D eigenvalue weighted by atomic mass is 9.87. The Hall–Kier alpha value is -1.36. The predicted octanol–water partition coefficient (Wildman–Crippen LogP) is 5.23. The molecule has 1 amide bonds. The lowest BCUT2D eigenvalue weighted by Gasteiger charge is -2.28. The number of amides is 1. The number of alkyl halides is 3. The van der Waals surface area contributed by atoms with Crippen molar-refractivity contribution < 1.29 is 26.4 Å². The van der Waals surface area contributed by atoms with Gasteiger partial charge >= 0.3 is 6.18 Å². The highest BCUT2D eigenvalue weighted by atomic mass is 35.5. The van der Waals surface area contributed by atoms with E-state index < -0.39 is 27.5 Å². The molecule has 1 heterocycles. The zero-order chi connectivity index (χ0) is 22.1. The molecule has 0 atom stereocenters. The van der Waals surface area contributed by atoms with Gasteiger partial charge in [-0.05, 0) is 61.3 Å². The van der Waals surface area contributed by atoms with Crippen LogP contribution in [0.15, 0.2) is 29.2 Å². The van der Waals surface area contributed by atoms with Gasteiger partial charge in [0, 0.05) is 6.04 Å². The summed E-state index contributed by atoms with van der Waals surface area (Å²) in [6.07, 6.45) is -2.47. The highest BCUT2D eigenvalue weighted by Crippen LogP contribution is 2.33. The van der Waals surface area contributed by atoms with E-state index in [0.29, 0.717) is 31.7 Å². The smallest absolute Gasteiger partial charge is 0.348 e. The molecule has 1 aromatic carbocycles. The van der Waals surface area contributed by atoms with Gasteiger partial charge in [0.2, 0.25) is 0 Å². The molecule has 0 bridgehead atoms. The number of hydrogen-bond acceptors (Lipinski definition) is 5. The lowest BCUT2D eigenvalue weighted by molar-refractivity contribution is -0.137. The van der Waals surface area contributed by atoms with Gasteiger partial charge in [0.15, 0.2) is 15.5 Å². The van der Waals surface area contributed by atoms with E-state index in [4.69, 9.17) is 23.2 Å². The zero-order valence-corrected chi connectivity index (χ0v) is 18.5. The van der Waals surface area contributed by atoms with Crippen molar-refractivity contribution in [2.24, 2.45) is 5.92 Å². The van der Waals surface area contributed by atoms with Crippen molar-refractivity contribution in [2.75, 3.05) is 5.75 Å². The van der Waals surface area contributed by atoms with Crippen LogP contribution in [0.2, 0.25) is 9.36 Å². The Balaban J connectivity index is 1.58. The van der Waals surface area contributed by atoms with Crippen molar-refractivity contribution in [3.8, 4) is 0 Å². The molecule has 1 aliphatic carbocycles. The van der Waals surface area contributed by atoms with Gasteiger partial charge in [-0.25, -0.2) is 8.42 Å². The van der Waals surface area contributed by atoms with E-state index in [1.807, 2.05) is 0 Å². The molecular weight excluding hydrogens is 484 g/mol. The second-order valence-corrected chi connectivity index (χ2v) is 10.9. The minimum Gasteiger partial charge on any atom is -0.348 e. The summed E-state index contributed by atoms with van der Waals surface area (Å²) in [5, 5.41) is 2.91. The fourth-order valence-corrected chi connectivity index (χ4v) is 6.14. The molecule has 1 aromatic heterocycles. The number of aromatic nitrogens is 1. The average molecular weight is 501 g/mol. The number of rotatable bonds is 5. The van der Waals surface area contributed by atoms with Crippen LogP contribution in [0.3, 0.4) is 0 Å². The summed E-state index contributed by atoms with van der Waals surface area (Å²) < 4.78 is 67.9. The van der Waals surface area contributed by atoms with Crippen LogP contribution in [-0.4, -0.2) is 30.5 Å². The molecule has 164 valence electrons. The monoisotopic (exact) mass is 500 g/mol. The van der Waals surface area contributed by atoms with Gasteiger partial charge in [-0.3, -0.25) is 4.79 Å². The minimum absolute atomic E-state index is 0.0564. The summed E-state index contributed by atoms with van der Waals surface area (Å²) in [6.45, 7) is 0. The van der Waals surface area contributed by atoms with Crippen LogP contribution in [-0.2, 0) is 16.0 Å². The zero-order valence-electron chi connectivity index (χ0n) is 15.4. The van der Waals surface area contributed by atoms with Crippen molar-refractivity contribution in [2.45, 2.75) is 42.8 Å². The maximum absolute atomic E-state index is 12.9. The summed E-state index contributed by atoms with van der Waals surface area (Å²) in [5.41, 5.74) is -0.934. The number of carbonyl (C=O) groups is 1. The second-order valence-electron chi connectivity index (χ2n) is 7.12. The van der Waals surface area contributed by atoms with E-state index in [-0.39, 0.29) is 37.7 Å². The van der Waals surface area contributed by atoms with E-state index in [0.717, 1.165) is 23.7 Å². The molecule has 30 heavy (non-hydrogen) atoms. The number of carbonyl (C=O) groups excluding carboxylic acids is 1. The normalized spacial score (nSPS) is 20.2. The number of sulfone groups is 1. The lowest BCUT2D eigenvalue weighted by Crippen LogP contribution is -2.38. The largest absolute Gasteiger partial charge is 0.416 e. The topological polar surface area (TPSA) is 76.1 Å². The van der Waals surface area contributed by atoms with Gasteiger partial charge in [-0.15, -0.1) is 0 Å². The Bertz CT molecular complexity index is 1030. The van der Waals surface area contributed by atoms with Crippen molar-refractivity contribution in [1.82, 2.24) is 9.69 Å². The van der Waals surface area contributed by atoms with E-state index in [9.17, 15) is 26.4 Å². The number of nitrogens with zero attached hydrogens (tertiary/aromatic N) is 1. The van der Waals surface area contributed by atoms with Crippen molar-refractivity contribution >= 4 is 50.5 Å². The number of benzene rings is 1. The molecule has 0 spiro atoms. The quantitative estimate of drug-likeness (QED) is 0.609. The van der Waals surface area contributed by atoms with E-state index in [2.05, 4.69) is 9.69 Å². The molecule has 0 radical (unpaired) electrons. The van der Waals surface area contributed by atoms with Crippen LogP contribution in [0.25, 0.3) is 0 Å². The Kier molecular flexibility index (Phi) is 7.01. The Morgan fingerprint density at radius 1 is 1.20 bits per heavy atom. The molecule has 0 aliphatic heterocycles. The maximum Gasteiger partial charge on any atom is 0.416 e. The van der Waals surface area contributed by atoms with Gasteiger partial charge in [0.05, 0.1) is 16.2 Å². The van der Waals surface area contributed by atoms with E-state index in [1.54, 1.807) is 0 Å². The van der Waals surface area contributed by atoms with Crippen LogP contribution in [0.5, 0.6) is 0 Å². The van der Waals surface area contributed by atoms with E-state index in [1.165, 1.54) is 6.07 Å². The molecule has 1 N–H and O–H groups in total. The first kappa shape index (κ1) is 23.3. The molecule has 1 saturated carbocycles. The van der Waals surface area contributed by atoms with Crippen LogP contribution < -0.4 is 5.32 Å². The molecule has 3 rings (SSSR count). The SMILES string of the molecule is O=C(N[C@H]1CC[C@H](CS(=O)(=O)c2cccc(C(F)(F)F)c2)CC1)c1nsc(Cl)c1Cl. The Labute approximate surface area is 185 Å². The fourth-order valence-electron chi connectivity index (χ4n) is 3.40. The number of hydrogen-bond donors (Lipinski definition) is 1. The molecule has 0 saturated heterocycles. The third-order valence-corrected chi connectivity index (χ3v) is 8.46. The van der Waals surface area contributed by atoms with Crippen LogP contribution in [0, 0.1) is 5.92 Å². The molecule has 5 nitrogen and oxygen atoms in total. The van der Waals surface area contributed by atoms with Crippen LogP contribution in [0.1, 0.15) is 41.7 Å². The number of halogens is 5. The fraction of sp³-hybridized carbons (Fsp3) is 0.444. The third-order valence-electron chi connectivity index (χ3n) is 4.97. The molecule has 12 heteroatoms. The van der Waals surface area contributed by atoms with Crippen LogP contribution in [0.4, 0.5) is 13.2 Å². The summed E-state index contributed by atoms with van der Waals surface area (Å²) in [5.74, 6) is -0.874. The minimum atomic E-state index is -4.60. The first-order valence-corrected chi connectivity index (χ1v) is 12.2. The van der Waals surface area contributed by atoms with Gasteiger partial charge in [-0.1, -0.05) is 29.3 Å². The van der Waals surface area contributed by atoms with Crippen molar-refractivity contribution in [3.63, 3.8) is 0 Å². The van der Waals surface area contributed by atoms with Gasteiger partial charge < -0.3 is 5.32 Å². The van der Waals surface area contributed by atoms with Gasteiger partial charge in [-0.2, -0.15) is 17.5 Å². The summed E-state index contributed by atoms with van der Waals surface area (Å²) >= 11 is 12.7. The molecule has 1 fully saturated rings. The standard InChI is InChI=1S/C18H17Cl2F3N2O3S2/c19-14-15(25-29-16(14)20)17(26)24-12-6-4-10(5-7-12)9-30(27,28)13-3-1-2-11(8-13)18(21,22)23/h1-3,8,10,12H,4-7,9H2,(H,24,26)/t10-,12-. The van der Waals surface area contributed by atoms with Crippen molar-refractivity contribution in [1.29, 1.82) is 0 Å². The highest BCUT2D eigenvalue weighted by Gasteiger charge is 2.33. The summed E-state index contributed by atoms with van der Waals surface area (Å²) in [7, 11) is -3.86. The first-order valence-electron chi connectivity index (χ1n) is 8.99. The maximum atomic E-state index is 12.9. The molecular formula is C18H17Cl2F3N2O3S2. The Morgan fingerprint density at radius 2 is 1.87 bits per heavy atom. The van der Waals surface area contributed by atoms with Gasteiger partial charge in [0.25, 0.3) is 5.91 Å². The van der Waals surface area contributed by atoms with Crippen LogP contribution >= 0.6 is 34.7 Å². The number of nitrogens with one attached hydrogen (secondary N) is 1. The Morgan fingerprint density at radius 3 is 2.43 bits per heavy atom. The average Bonchev–Trinajstić information content (AvgIpc) is 3.01. The molecule has 0 unspecified atom stereocenters. The summed E-state index contributed by atoms with van der Waals surface area (Å²) in [4.78, 5) is 11.9.